The van der Waals surface area contributed by atoms with Crippen LogP contribution in [0.25, 0.3) is 0 Å². The van der Waals surface area contributed by atoms with E-state index in [2.05, 4.69) is 4.98 Å². The monoisotopic (exact) mass is 248 g/mol. The molecule has 2 aromatic heterocycles. The number of aromatic nitrogens is 2. The normalized spacial score (nSPS) is 10.4. The zero-order chi connectivity index (χ0) is 12.3. The van der Waals surface area contributed by atoms with Gasteiger partial charge in [-0.05, 0) is 24.6 Å². The van der Waals surface area contributed by atoms with Gasteiger partial charge in [-0.25, -0.2) is 9.78 Å². The molecule has 0 unspecified atom stereocenters. The summed E-state index contributed by atoms with van der Waals surface area (Å²) >= 11 is 1.48. The Labute approximate surface area is 103 Å². The van der Waals surface area contributed by atoms with Crippen molar-refractivity contribution in [1.82, 2.24) is 9.55 Å². The molecule has 4 nitrogen and oxygen atoms in total. The number of thiophene rings is 1. The molecule has 0 atom stereocenters. The Morgan fingerprint density at radius 3 is 2.94 bits per heavy atom. The second kappa shape index (κ2) is 5.05. The lowest BCUT2D eigenvalue weighted by molar-refractivity contribution is 0.0974. The maximum absolute atomic E-state index is 11.9. The highest BCUT2D eigenvalue weighted by atomic mass is 32.1. The number of ketones is 1. The Hall–Kier alpha value is -1.75. The lowest BCUT2D eigenvalue weighted by atomic mass is 10.3. The van der Waals surface area contributed by atoms with Crippen molar-refractivity contribution in [3.63, 3.8) is 0 Å². The summed E-state index contributed by atoms with van der Waals surface area (Å²) < 4.78 is 1.31. The lowest BCUT2D eigenvalue weighted by Gasteiger charge is -2.01. The number of nitrogens with zero attached hydrogens (tertiary/aromatic N) is 2. The van der Waals surface area contributed by atoms with Gasteiger partial charge in [0.1, 0.15) is 0 Å². The minimum Gasteiger partial charge on any atom is -0.291 e. The van der Waals surface area contributed by atoms with E-state index in [1.165, 1.54) is 27.0 Å². The van der Waals surface area contributed by atoms with E-state index < -0.39 is 5.69 Å². The molecule has 0 amide bonds. The van der Waals surface area contributed by atoms with E-state index in [1.54, 1.807) is 12.3 Å². The molecule has 17 heavy (non-hydrogen) atoms. The molecule has 2 heterocycles. The van der Waals surface area contributed by atoms with Crippen LogP contribution in [0.4, 0.5) is 0 Å². The molecule has 0 aliphatic rings. The fraction of sp³-hybridized carbons (Fsp3) is 0.250. The minimum absolute atomic E-state index is 0.0511. The van der Waals surface area contributed by atoms with Crippen LogP contribution in [0.15, 0.2) is 35.4 Å². The maximum Gasteiger partial charge on any atom is 0.347 e. The fourth-order valence-electron chi connectivity index (χ4n) is 1.46. The van der Waals surface area contributed by atoms with Crippen LogP contribution in [0.1, 0.15) is 21.5 Å². The van der Waals surface area contributed by atoms with Crippen LogP contribution in [-0.4, -0.2) is 15.3 Å². The van der Waals surface area contributed by atoms with Crippen LogP contribution in [0.2, 0.25) is 0 Å². The van der Waals surface area contributed by atoms with Gasteiger partial charge in [0.2, 0.25) is 0 Å². The van der Waals surface area contributed by atoms with Crippen molar-refractivity contribution in [2.75, 3.05) is 0 Å². The van der Waals surface area contributed by atoms with Crippen molar-refractivity contribution in [3.05, 3.63) is 50.8 Å². The Morgan fingerprint density at radius 2 is 2.29 bits per heavy atom. The van der Waals surface area contributed by atoms with Gasteiger partial charge < -0.3 is 0 Å². The van der Waals surface area contributed by atoms with Gasteiger partial charge in [-0.15, -0.1) is 11.3 Å². The topological polar surface area (TPSA) is 52.0 Å². The van der Waals surface area contributed by atoms with E-state index in [0.717, 1.165) is 6.42 Å². The molecule has 88 valence electrons. The molecule has 0 fully saturated rings. The van der Waals surface area contributed by atoms with Gasteiger partial charge in [-0.1, -0.05) is 6.92 Å². The molecule has 0 N–H and O–H groups in total. The Balaban J connectivity index is 2.17. The van der Waals surface area contributed by atoms with Crippen molar-refractivity contribution >= 4 is 17.1 Å². The Morgan fingerprint density at radius 1 is 1.47 bits per heavy atom. The smallest absolute Gasteiger partial charge is 0.291 e. The SMILES string of the molecule is CCc1ccc(C(=O)Cn2cccnc2=O)s1. The number of Topliss-reactive ketones (excluding diaryl/α,β-unsaturated/α-hetero) is 1. The first-order valence-electron chi connectivity index (χ1n) is 5.34. The maximum atomic E-state index is 11.9. The fourth-order valence-corrected chi connectivity index (χ4v) is 2.34. The quantitative estimate of drug-likeness (QED) is 0.775. The Kier molecular flexibility index (Phi) is 3.49. The van der Waals surface area contributed by atoms with Gasteiger partial charge in [0.25, 0.3) is 0 Å². The summed E-state index contributed by atoms with van der Waals surface area (Å²) in [6.07, 6.45) is 3.91. The third-order valence-corrected chi connectivity index (χ3v) is 3.65. The summed E-state index contributed by atoms with van der Waals surface area (Å²) in [5, 5.41) is 0. The zero-order valence-electron chi connectivity index (χ0n) is 9.42. The molecule has 0 aliphatic carbocycles. The summed E-state index contributed by atoms with van der Waals surface area (Å²) in [6.45, 7) is 2.10. The second-order valence-corrected chi connectivity index (χ2v) is 4.74. The molecule has 0 bridgehead atoms. The molecule has 2 aromatic rings. The molecule has 5 heteroatoms. The highest BCUT2D eigenvalue weighted by Crippen LogP contribution is 2.17. The highest BCUT2D eigenvalue weighted by Gasteiger charge is 2.10. The average Bonchev–Trinajstić information content (AvgIpc) is 2.81. The molecule has 0 aromatic carbocycles. The molecular weight excluding hydrogens is 236 g/mol. The number of hydrogen-bond donors (Lipinski definition) is 0. The summed E-state index contributed by atoms with van der Waals surface area (Å²) in [6, 6.07) is 5.40. The van der Waals surface area contributed by atoms with Crippen molar-refractivity contribution in [2.45, 2.75) is 19.9 Å². The van der Waals surface area contributed by atoms with Crippen molar-refractivity contribution in [1.29, 1.82) is 0 Å². The van der Waals surface area contributed by atoms with Crippen molar-refractivity contribution in [2.24, 2.45) is 0 Å². The third kappa shape index (κ3) is 2.68. The van der Waals surface area contributed by atoms with Crippen LogP contribution >= 0.6 is 11.3 Å². The van der Waals surface area contributed by atoms with E-state index in [0.29, 0.717) is 4.88 Å². The van der Waals surface area contributed by atoms with Crippen molar-refractivity contribution < 1.29 is 4.79 Å². The van der Waals surface area contributed by atoms with Crippen LogP contribution in [-0.2, 0) is 13.0 Å². The van der Waals surface area contributed by atoms with Crippen LogP contribution in [0.5, 0.6) is 0 Å². The van der Waals surface area contributed by atoms with Gasteiger partial charge in [-0.2, -0.15) is 0 Å². The van der Waals surface area contributed by atoms with Gasteiger partial charge >= 0.3 is 5.69 Å². The minimum atomic E-state index is -0.395. The van der Waals surface area contributed by atoms with E-state index in [1.807, 2.05) is 19.1 Å². The first kappa shape index (κ1) is 11.7. The molecule has 0 spiro atoms. The van der Waals surface area contributed by atoms with Gasteiger partial charge in [0.15, 0.2) is 5.78 Å². The van der Waals surface area contributed by atoms with E-state index >= 15 is 0 Å². The standard InChI is InChI=1S/C12H12N2O2S/c1-2-9-4-5-11(17-9)10(15)8-14-7-3-6-13-12(14)16/h3-7H,2,8H2,1H3. The zero-order valence-corrected chi connectivity index (χ0v) is 10.2. The number of aryl methyl sites for hydroxylation is 1. The first-order chi connectivity index (χ1) is 8.20. The highest BCUT2D eigenvalue weighted by molar-refractivity contribution is 7.14. The first-order valence-corrected chi connectivity index (χ1v) is 6.15. The number of hydrogen-bond acceptors (Lipinski definition) is 4. The summed E-state index contributed by atoms with van der Waals surface area (Å²) in [5.41, 5.74) is -0.395. The molecule has 0 saturated carbocycles. The Bertz CT molecular complexity index is 586. The second-order valence-electron chi connectivity index (χ2n) is 3.57. The summed E-state index contributed by atoms with van der Waals surface area (Å²) in [7, 11) is 0. The molecular formula is C12H12N2O2S. The van der Waals surface area contributed by atoms with Crippen LogP contribution < -0.4 is 5.69 Å². The third-order valence-electron chi connectivity index (χ3n) is 2.38. The molecule has 0 aliphatic heterocycles. The predicted octanol–water partition coefficient (Wildman–Crippen LogP) is 1.75. The largest absolute Gasteiger partial charge is 0.347 e. The van der Waals surface area contributed by atoms with E-state index in [4.69, 9.17) is 0 Å². The number of carbonyl (C=O) groups is 1. The van der Waals surface area contributed by atoms with Gasteiger partial charge in [0.05, 0.1) is 11.4 Å². The molecule has 2 rings (SSSR count). The predicted molar refractivity (Wildman–Crippen MR) is 66.5 cm³/mol. The summed E-state index contributed by atoms with van der Waals surface area (Å²) in [4.78, 5) is 28.7. The van der Waals surface area contributed by atoms with Crippen LogP contribution in [0, 0.1) is 0 Å². The average molecular weight is 248 g/mol. The number of rotatable bonds is 4. The molecule has 0 saturated heterocycles. The van der Waals surface area contributed by atoms with E-state index in [9.17, 15) is 9.59 Å². The van der Waals surface area contributed by atoms with Gasteiger partial charge in [0, 0.05) is 17.3 Å². The van der Waals surface area contributed by atoms with Crippen molar-refractivity contribution in [3.8, 4) is 0 Å². The lowest BCUT2D eigenvalue weighted by Crippen LogP contribution is -2.25. The van der Waals surface area contributed by atoms with Crippen LogP contribution in [0.3, 0.4) is 0 Å². The summed E-state index contributed by atoms with van der Waals surface area (Å²) in [5.74, 6) is -0.0511. The number of carbonyl (C=O) groups excluding carboxylic acids is 1. The van der Waals surface area contributed by atoms with E-state index in [-0.39, 0.29) is 12.3 Å². The van der Waals surface area contributed by atoms with Gasteiger partial charge in [-0.3, -0.25) is 9.36 Å². The molecule has 0 radical (unpaired) electrons.